The van der Waals surface area contributed by atoms with Gasteiger partial charge in [-0.15, -0.1) is 10.2 Å². The molecule has 1 aliphatic carbocycles. The highest BCUT2D eigenvalue weighted by Crippen LogP contribution is 2.49. The number of carbonyl (C=O) groups is 1. The van der Waals surface area contributed by atoms with Crippen molar-refractivity contribution in [1.29, 1.82) is 0 Å². The molecule has 1 saturated heterocycles. The highest BCUT2D eigenvalue weighted by Gasteiger charge is 2.43. The van der Waals surface area contributed by atoms with E-state index in [-0.39, 0.29) is 12.3 Å². The summed E-state index contributed by atoms with van der Waals surface area (Å²) < 4.78 is 22.6. The average molecular weight is 540 g/mol. The number of carbonyl (C=O) groups excluding carboxylic acids is 1. The first-order chi connectivity index (χ1) is 18.5. The largest absolute Gasteiger partial charge is 0.493 e. The average Bonchev–Trinajstić information content (AvgIpc) is 3.55. The lowest BCUT2D eigenvalue weighted by molar-refractivity contribution is -0.132. The van der Waals surface area contributed by atoms with Crippen molar-refractivity contribution >= 4 is 23.5 Å². The summed E-state index contributed by atoms with van der Waals surface area (Å²) in [5, 5.41) is 8.47. The Morgan fingerprint density at radius 3 is 2.74 bits per heavy atom. The lowest BCUT2D eigenvalue weighted by atomic mass is 9.90. The first-order valence-corrected chi connectivity index (χ1v) is 13.7. The van der Waals surface area contributed by atoms with Crippen molar-refractivity contribution in [1.82, 2.24) is 29.6 Å². The minimum atomic E-state index is -0.406. The molecule has 2 aromatic heterocycles. The number of amides is 1. The van der Waals surface area contributed by atoms with Gasteiger partial charge in [0.1, 0.15) is 17.9 Å². The third kappa shape index (κ3) is 5.60. The number of hydrogen-bond donors (Lipinski definition) is 0. The van der Waals surface area contributed by atoms with Crippen molar-refractivity contribution in [2.45, 2.75) is 45.2 Å². The number of halogens is 2. The Labute approximate surface area is 226 Å². The maximum atomic E-state index is 14.7. The molecule has 1 aromatic carbocycles. The molecule has 6 rings (SSSR count). The smallest absolute Gasteiger partial charge is 0.227 e. The van der Waals surface area contributed by atoms with Crippen molar-refractivity contribution in [2.75, 3.05) is 31.1 Å². The van der Waals surface area contributed by atoms with Crippen LogP contribution in [-0.2, 0) is 24.3 Å². The quantitative estimate of drug-likeness (QED) is 0.430. The van der Waals surface area contributed by atoms with Gasteiger partial charge >= 0.3 is 0 Å². The molecule has 3 aromatic rings. The van der Waals surface area contributed by atoms with Crippen LogP contribution in [0.3, 0.4) is 0 Å². The van der Waals surface area contributed by atoms with Crippen LogP contribution in [0.1, 0.15) is 37.1 Å². The number of anilines is 1. The highest BCUT2D eigenvalue weighted by molar-refractivity contribution is 6.30. The van der Waals surface area contributed by atoms with Gasteiger partial charge in [-0.3, -0.25) is 4.79 Å². The van der Waals surface area contributed by atoms with E-state index in [0.717, 1.165) is 56.0 Å². The summed E-state index contributed by atoms with van der Waals surface area (Å²) in [5.41, 5.74) is 0.381. The standard InChI is InChI=1S/C27H31ClFN7O2/c28-21-14-30-27(31-15-21)34-6-3-18(4-7-34)23-11-19(23)5-10-38-22-2-1-20(24(29)13-22)12-26(37)35-8-9-36-17-32-33-25(36)16-35/h1-2,13-15,17-19,23H,3-12,16H2. The second kappa shape index (κ2) is 10.8. The minimum Gasteiger partial charge on any atom is -0.493 e. The molecular weight excluding hydrogens is 509 g/mol. The second-order valence-electron chi connectivity index (χ2n) is 10.5. The molecule has 0 bridgehead atoms. The zero-order chi connectivity index (χ0) is 26.1. The molecule has 1 amide bonds. The fraction of sp³-hybridized carbons (Fsp3) is 0.519. The van der Waals surface area contributed by atoms with Gasteiger partial charge in [0.25, 0.3) is 0 Å². The van der Waals surface area contributed by atoms with Gasteiger partial charge in [0.05, 0.1) is 37.0 Å². The monoisotopic (exact) mass is 539 g/mol. The molecule has 4 heterocycles. The van der Waals surface area contributed by atoms with Crippen molar-refractivity contribution in [2.24, 2.45) is 17.8 Å². The van der Waals surface area contributed by atoms with Gasteiger partial charge in [-0.25, -0.2) is 14.4 Å². The Balaban J connectivity index is 0.921. The van der Waals surface area contributed by atoms with E-state index in [0.29, 0.717) is 48.5 Å². The molecular formula is C27H31ClFN7O2. The lowest BCUT2D eigenvalue weighted by Gasteiger charge is -2.32. The molecule has 2 fully saturated rings. The van der Waals surface area contributed by atoms with E-state index in [9.17, 15) is 9.18 Å². The molecule has 2 aliphatic heterocycles. The molecule has 0 radical (unpaired) electrons. The second-order valence-corrected chi connectivity index (χ2v) is 10.9. The number of piperidine rings is 1. The predicted molar refractivity (Wildman–Crippen MR) is 139 cm³/mol. The fourth-order valence-electron chi connectivity index (χ4n) is 5.82. The number of rotatable bonds is 8. The van der Waals surface area contributed by atoms with E-state index < -0.39 is 5.82 Å². The molecule has 0 spiro atoms. The van der Waals surface area contributed by atoms with Crippen LogP contribution in [0.5, 0.6) is 5.75 Å². The Morgan fingerprint density at radius 1 is 1.13 bits per heavy atom. The molecule has 3 aliphatic rings. The lowest BCUT2D eigenvalue weighted by Crippen LogP contribution is -2.39. The number of nitrogens with zero attached hydrogens (tertiary/aromatic N) is 7. The van der Waals surface area contributed by atoms with Gasteiger partial charge in [-0.05, 0) is 55.1 Å². The first kappa shape index (κ1) is 25.0. The summed E-state index contributed by atoms with van der Waals surface area (Å²) in [6.07, 6.45) is 9.51. The molecule has 2 atom stereocenters. The molecule has 38 heavy (non-hydrogen) atoms. The van der Waals surface area contributed by atoms with Crippen LogP contribution in [0.15, 0.2) is 36.9 Å². The van der Waals surface area contributed by atoms with Crippen molar-refractivity contribution < 1.29 is 13.9 Å². The van der Waals surface area contributed by atoms with Gasteiger partial charge in [0.15, 0.2) is 5.82 Å². The Morgan fingerprint density at radius 2 is 1.95 bits per heavy atom. The van der Waals surface area contributed by atoms with Crippen molar-refractivity contribution in [3.05, 3.63) is 59.1 Å². The molecule has 200 valence electrons. The number of aromatic nitrogens is 5. The van der Waals surface area contributed by atoms with Crippen LogP contribution in [0.25, 0.3) is 0 Å². The number of benzene rings is 1. The van der Waals surface area contributed by atoms with Gasteiger partial charge < -0.3 is 19.1 Å². The van der Waals surface area contributed by atoms with Gasteiger partial charge in [-0.2, -0.15) is 0 Å². The molecule has 1 saturated carbocycles. The third-order valence-corrected chi connectivity index (χ3v) is 8.32. The number of hydrogen-bond acceptors (Lipinski definition) is 7. The Hall–Kier alpha value is -3.27. The summed E-state index contributed by atoms with van der Waals surface area (Å²) in [5.74, 6) is 3.66. The fourth-order valence-corrected chi connectivity index (χ4v) is 5.92. The molecule has 2 unspecified atom stereocenters. The summed E-state index contributed by atoms with van der Waals surface area (Å²) in [6, 6.07) is 4.82. The van der Waals surface area contributed by atoms with E-state index in [2.05, 4.69) is 25.1 Å². The van der Waals surface area contributed by atoms with Crippen LogP contribution in [0.2, 0.25) is 5.02 Å². The van der Waals surface area contributed by atoms with Crippen LogP contribution in [-0.4, -0.2) is 61.8 Å². The normalized spacial score (nSPS) is 21.3. The van der Waals surface area contributed by atoms with E-state index >= 15 is 0 Å². The van der Waals surface area contributed by atoms with E-state index in [1.165, 1.54) is 12.5 Å². The summed E-state index contributed by atoms with van der Waals surface area (Å²) >= 11 is 5.90. The summed E-state index contributed by atoms with van der Waals surface area (Å²) in [4.78, 5) is 25.3. The zero-order valence-corrected chi connectivity index (χ0v) is 21.9. The maximum absolute atomic E-state index is 14.7. The van der Waals surface area contributed by atoms with Crippen LogP contribution in [0, 0.1) is 23.6 Å². The topological polar surface area (TPSA) is 89.3 Å². The highest BCUT2D eigenvalue weighted by atomic mass is 35.5. The van der Waals surface area contributed by atoms with Crippen LogP contribution >= 0.6 is 11.6 Å². The maximum Gasteiger partial charge on any atom is 0.227 e. The number of ether oxygens (including phenoxy) is 1. The van der Waals surface area contributed by atoms with Gasteiger partial charge in [-0.1, -0.05) is 17.7 Å². The molecule has 0 N–H and O–H groups in total. The Kier molecular flexibility index (Phi) is 7.14. The van der Waals surface area contributed by atoms with E-state index in [1.807, 2.05) is 4.57 Å². The van der Waals surface area contributed by atoms with E-state index in [1.54, 1.807) is 35.8 Å². The SMILES string of the molecule is O=C(Cc1ccc(OCCC2CC2C2CCN(c3ncc(Cl)cn3)CC2)cc1F)N1CCn2cnnc2C1. The number of fused-ring (bicyclic) bond motifs is 1. The van der Waals surface area contributed by atoms with Crippen LogP contribution in [0.4, 0.5) is 10.3 Å². The molecule has 11 heteroatoms. The third-order valence-electron chi connectivity index (χ3n) is 8.13. The summed E-state index contributed by atoms with van der Waals surface area (Å²) in [6.45, 7) is 4.15. The van der Waals surface area contributed by atoms with Crippen molar-refractivity contribution in [3.63, 3.8) is 0 Å². The van der Waals surface area contributed by atoms with Gasteiger partial charge in [0, 0.05) is 32.2 Å². The van der Waals surface area contributed by atoms with Gasteiger partial charge in [0.2, 0.25) is 11.9 Å². The molecule has 9 nitrogen and oxygen atoms in total. The predicted octanol–water partition coefficient (Wildman–Crippen LogP) is 3.77. The zero-order valence-electron chi connectivity index (χ0n) is 21.2. The first-order valence-electron chi connectivity index (χ1n) is 13.3. The van der Waals surface area contributed by atoms with E-state index in [4.69, 9.17) is 16.3 Å². The minimum absolute atomic E-state index is 0.0208. The Bertz CT molecular complexity index is 1280. The van der Waals surface area contributed by atoms with Crippen LogP contribution < -0.4 is 9.64 Å². The summed E-state index contributed by atoms with van der Waals surface area (Å²) in [7, 11) is 0. The van der Waals surface area contributed by atoms with Crippen molar-refractivity contribution in [3.8, 4) is 5.75 Å².